The number of fused-ring (bicyclic) bond motifs is 1. The molecule has 1 heterocycles. The molecule has 86 valence electrons. The van der Waals surface area contributed by atoms with Crippen LogP contribution in [0.2, 0.25) is 0 Å². The maximum absolute atomic E-state index is 12.2. The lowest BCUT2D eigenvalue weighted by Crippen LogP contribution is -2.10. The summed E-state index contributed by atoms with van der Waals surface area (Å²) in [6, 6.07) is 16.6. The van der Waals surface area contributed by atoms with Gasteiger partial charge in [0.15, 0.2) is 0 Å². The Morgan fingerprint density at radius 3 is 2.44 bits per heavy atom. The SMILES string of the molecule is N#Cc1ccc(-n2sc3ccccc3c2=O)cc1. The van der Waals surface area contributed by atoms with E-state index in [1.54, 1.807) is 28.2 Å². The second-order valence-corrected chi connectivity index (χ2v) is 4.83. The van der Waals surface area contributed by atoms with E-state index in [1.165, 1.54) is 11.5 Å². The molecule has 0 bridgehead atoms. The molecule has 0 saturated carbocycles. The molecule has 0 amide bonds. The molecule has 0 N–H and O–H groups in total. The second kappa shape index (κ2) is 4.13. The normalized spacial score (nSPS) is 10.4. The lowest BCUT2D eigenvalue weighted by atomic mass is 10.2. The number of nitrogens with zero attached hydrogens (tertiary/aromatic N) is 2. The Bertz CT molecular complexity index is 806. The van der Waals surface area contributed by atoms with E-state index < -0.39 is 0 Å². The van der Waals surface area contributed by atoms with Gasteiger partial charge in [0.1, 0.15) is 0 Å². The summed E-state index contributed by atoms with van der Waals surface area (Å²) >= 11 is 1.41. The summed E-state index contributed by atoms with van der Waals surface area (Å²) in [4.78, 5) is 12.2. The number of rotatable bonds is 1. The summed E-state index contributed by atoms with van der Waals surface area (Å²) in [5.74, 6) is 0. The molecular formula is C14H8N2OS. The molecule has 18 heavy (non-hydrogen) atoms. The third kappa shape index (κ3) is 1.62. The summed E-state index contributed by atoms with van der Waals surface area (Å²) < 4.78 is 2.61. The first kappa shape index (κ1) is 10.8. The Kier molecular flexibility index (Phi) is 2.47. The highest BCUT2D eigenvalue weighted by Crippen LogP contribution is 2.19. The van der Waals surface area contributed by atoms with Gasteiger partial charge in [0.2, 0.25) is 0 Å². The van der Waals surface area contributed by atoms with Crippen molar-refractivity contribution < 1.29 is 0 Å². The standard InChI is InChI=1S/C14H8N2OS/c15-9-10-5-7-11(8-6-10)16-14(17)12-3-1-2-4-13(12)18-16/h1-8H. The van der Waals surface area contributed by atoms with Crippen LogP contribution in [-0.2, 0) is 0 Å². The molecular weight excluding hydrogens is 244 g/mol. The van der Waals surface area contributed by atoms with Gasteiger partial charge in [-0.25, -0.2) is 3.96 Å². The molecule has 3 nitrogen and oxygen atoms in total. The highest BCUT2D eigenvalue weighted by atomic mass is 32.1. The molecule has 0 unspecified atom stereocenters. The van der Waals surface area contributed by atoms with E-state index >= 15 is 0 Å². The van der Waals surface area contributed by atoms with Crippen LogP contribution in [0, 0.1) is 11.3 Å². The van der Waals surface area contributed by atoms with Gasteiger partial charge in [-0.15, -0.1) is 0 Å². The molecule has 0 aliphatic rings. The Hall–Kier alpha value is -2.38. The first-order valence-electron chi connectivity index (χ1n) is 5.41. The summed E-state index contributed by atoms with van der Waals surface area (Å²) in [6.45, 7) is 0. The average molecular weight is 252 g/mol. The fraction of sp³-hybridized carbons (Fsp3) is 0. The molecule has 0 aliphatic heterocycles. The van der Waals surface area contributed by atoms with Gasteiger partial charge in [-0.1, -0.05) is 23.7 Å². The van der Waals surface area contributed by atoms with Crippen LogP contribution >= 0.6 is 11.5 Å². The van der Waals surface area contributed by atoms with Crippen LogP contribution < -0.4 is 5.56 Å². The van der Waals surface area contributed by atoms with E-state index in [9.17, 15) is 4.79 Å². The van der Waals surface area contributed by atoms with Crippen molar-refractivity contribution in [3.05, 3.63) is 64.4 Å². The van der Waals surface area contributed by atoms with Crippen molar-refractivity contribution in [3.63, 3.8) is 0 Å². The quantitative estimate of drug-likeness (QED) is 0.668. The molecule has 0 saturated heterocycles. The molecule has 1 aromatic heterocycles. The fourth-order valence-electron chi connectivity index (χ4n) is 1.81. The highest BCUT2D eigenvalue weighted by Gasteiger charge is 2.08. The molecule has 3 aromatic rings. The highest BCUT2D eigenvalue weighted by molar-refractivity contribution is 7.14. The third-order valence-electron chi connectivity index (χ3n) is 2.72. The van der Waals surface area contributed by atoms with Gasteiger partial charge < -0.3 is 0 Å². The van der Waals surface area contributed by atoms with Crippen LogP contribution in [0.3, 0.4) is 0 Å². The number of aromatic nitrogens is 1. The number of hydrogen-bond donors (Lipinski definition) is 0. The molecule has 4 heteroatoms. The van der Waals surface area contributed by atoms with Gasteiger partial charge in [-0.2, -0.15) is 5.26 Å². The van der Waals surface area contributed by atoms with Crippen LogP contribution in [0.1, 0.15) is 5.56 Å². The van der Waals surface area contributed by atoms with Crippen LogP contribution in [0.15, 0.2) is 53.3 Å². The first-order chi connectivity index (χ1) is 8.79. The van der Waals surface area contributed by atoms with E-state index in [4.69, 9.17) is 5.26 Å². The average Bonchev–Trinajstić information content (AvgIpc) is 2.77. The zero-order valence-electron chi connectivity index (χ0n) is 9.33. The van der Waals surface area contributed by atoms with Gasteiger partial charge in [0.05, 0.1) is 27.4 Å². The minimum absolute atomic E-state index is 0.0136. The monoisotopic (exact) mass is 252 g/mol. The number of hydrogen-bond acceptors (Lipinski definition) is 3. The summed E-state index contributed by atoms with van der Waals surface area (Å²) in [7, 11) is 0. The van der Waals surface area contributed by atoms with Crippen molar-refractivity contribution >= 4 is 21.6 Å². The molecule has 0 atom stereocenters. The van der Waals surface area contributed by atoms with Crippen molar-refractivity contribution in [1.82, 2.24) is 3.96 Å². The maximum Gasteiger partial charge on any atom is 0.273 e. The Morgan fingerprint density at radius 2 is 1.78 bits per heavy atom. The number of benzene rings is 2. The van der Waals surface area contributed by atoms with Crippen LogP contribution in [0.25, 0.3) is 15.8 Å². The maximum atomic E-state index is 12.2. The van der Waals surface area contributed by atoms with E-state index in [0.29, 0.717) is 5.56 Å². The van der Waals surface area contributed by atoms with Crippen molar-refractivity contribution in [2.75, 3.05) is 0 Å². The Morgan fingerprint density at radius 1 is 1.06 bits per heavy atom. The van der Waals surface area contributed by atoms with Crippen molar-refractivity contribution in [1.29, 1.82) is 5.26 Å². The lowest BCUT2D eigenvalue weighted by Gasteiger charge is -1.99. The van der Waals surface area contributed by atoms with Crippen LogP contribution in [0.5, 0.6) is 0 Å². The van der Waals surface area contributed by atoms with E-state index in [0.717, 1.165) is 15.8 Å². The molecule has 0 spiro atoms. The lowest BCUT2D eigenvalue weighted by molar-refractivity contribution is 1.14. The third-order valence-corrected chi connectivity index (χ3v) is 3.83. The van der Waals surface area contributed by atoms with E-state index in [1.807, 2.05) is 24.3 Å². The zero-order chi connectivity index (χ0) is 12.5. The molecule has 2 aromatic carbocycles. The summed E-state index contributed by atoms with van der Waals surface area (Å²) in [6.07, 6.45) is 0. The van der Waals surface area contributed by atoms with Gasteiger partial charge in [0, 0.05) is 0 Å². The zero-order valence-corrected chi connectivity index (χ0v) is 10.1. The minimum atomic E-state index is -0.0136. The van der Waals surface area contributed by atoms with E-state index in [-0.39, 0.29) is 5.56 Å². The summed E-state index contributed by atoms with van der Waals surface area (Å²) in [5.41, 5.74) is 1.37. The van der Waals surface area contributed by atoms with E-state index in [2.05, 4.69) is 6.07 Å². The van der Waals surface area contributed by atoms with Gasteiger partial charge >= 0.3 is 0 Å². The van der Waals surface area contributed by atoms with Gasteiger partial charge in [0.25, 0.3) is 5.56 Å². The molecule has 3 rings (SSSR count). The number of nitriles is 1. The topological polar surface area (TPSA) is 45.8 Å². The molecule has 0 fully saturated rings. The predicted molar refractivity (Wildman–Crippen MR) is 72.1 cm³/mol. The first-order valence-corrected chi connectivity index (χ1v) is 6.18. The fourth-order valence-corrected chi connectivity index (χ4v) is 2.81. The van der Waals surface area contributed by atoms with Gasteiger partial charge in [-0.3, -0.25) is 4.79 Å². The molecule has 0 radical (unpaired) electrons. The largest absolute Gasteiger partial charge is 0.273 e. The Labute approximate surface area is 107 Å². The van der Waals surface area contributed by atoms with Crippen LogP contribution in [-0.4, -0.2) is 3.96 Å². The van der Waals surface area contributed by atoms with Crippen molar-refractivity contribution in [2.45, 2.75) is 0 Å². The second-order valence-electron chi connectivity index (χ2n) is 3.85. The van der Waals surface area contributed by atoms with Crippen molar-refractivity contribution in [2.24, 2.45) is 0 Å². The minimum Gasteiger partial charge on any atom is -0.267 e. The predicted octanol–water partition coefficient (Wildman–Crippen LogP) is 2.92. The molecule has 0 aliphatic carbocycles. The Balaban J connectivity index is 2.22. The van der Waals surface area contributed by atoms with Crippen LogP contribution in [0.4, 0.5) is 0 Å². The van der Waals surface area contributed by atoms with Gasteiger partial charge in [-0.05, 0) is 36.4 Å². The summed E-state index contributed by atoms with van der Waals surface area (Å²) in [5, 5.41) is 9.48. The van der Waals surface area contributed by atoms with Crippen molar-refractivity contribution in [3.8, 4) is 11.8 Å². The smallest absolute Gasteiger partial charge is 0.267 e.